The van der Waals surface area contributed by atoms with Crippen LogP contribution in [0.1, 0.15) is 23.7 Å². The standard InChI is InChI=1S/C29H26N6O2/c1-20(36)32-24-11-8-22(9-12-24)28-27(21-6-3-2-4-7-21)34-26-18-23(10-13-25(26)33-28)29(37)31-14-5-16-35-17-15-30-19-35/h2-4,6-13,15,17-19H,5,14,16H2,1H3,(H,31,37)(H,32,36). The number of nitrogens with zero attached hydrogens (tertiary/aromatic N) is 4. The second kappa shape index (κ2) is 10.8. The van der Waals surface area contributed by atoms with Gasteiger partial charge in [0.2, 0.25) is 5.91 Å². The van der Waals surface area contributed by atoms with Crippen LogP contribution in [0.4, 0.5) is 5.69 Å². The van der Waals surface area contributed by atoms with Crippen molar-refractivity contribution in [1.82, 2.24) is 24.8 Å². The number of fused-ring (bicyclic) bond motifs is 1. The van der Waals surface area contributed by atoms with Crippen LogP contribution in [0.25, 0.3) is 33.5 Å². The lowest BCUT2D eigenvalue weighted by molar-refractivity contribution is -0.114. The molecule has 2 amide bonds. The quantitative estimate of drug-likeness (QED) is 0.300. The topological polar surface area (TPSA) is 102 Å². The number of amides is 2. The molecule has 2 heterocycles. The molecule has 0 spiro atoms. The fraction of sp³-hybridized carbons (Fsp3) is 0.138. The SMILES string of the molecule is CC(=O)Nc1ccc(-c2nc3ccc(C(=O)NCCCn4ccnc4)cc3nc2-c2ccccc2)cc1. The molecular weight excluding hydrogens is 464 g/mol. The molecule has 0 bridgehead atoms. The van der Waals surface area contributed by atoms with Crippen LogP contribution in [0.2, 0.25) is 0 Å². The molecule has 8 nitrogen and oxygen atoms in total. The van der Waals surface area contributed by atoms with Crippen molar-refractivity contribution in [1.29, 1.82) is 0 Å². The molecule has 0 fully saturated rings. The van der Waals surface area contributed by atoms with Crippen molar-refractivity contribution in [3.63, 3.8) is 0 Å². The van der Waals surface area contributed by atoms with Gasteiger partial charge in [-0.2, -0.15) is 0 Å². The predicted octanol–water partition coefficient (Wildman–Crippen LogP) is 4.94. The first-order valence-electron chi connectivity index (χ1n) is 12.1. The van der Waals surface area contributed by atoms with E-state index < -0.39 is 0 Å². The number of carbonyl (C=O) groups excluding carboxylic acids is 2. The summed E-state index contributed by atoms with van der Waals surface area (Å²) in [5.74, 6) is -0.269. The molecule has 8 heteroatoms. The number of hydrogen-bond acceptors (Lipinski definition) is 5. The summed E-state index contributed by atoms with van der Waals surface area (Å²) in [5, 5.41) is 5.76. The van der Waals surface area contributed by atoms with E-state index >= 15 is 0 Å². The van der Waals surface area contributed by atoms with Gasteiger partial charge in [0.15, 0.2) is 0 Å². The Labute approximate surface area is 214 Å². The first-order valence-corrected chi connectivity index (χ1v) is 12.1. The molecule has 0 saturated heterocycles. The minimum absolute atomic E-state index is 0.124. The number of imidazole rings is 1. The van der Waals surface area contributed by atoms with Gasteiger partial charge in [-0.3, -0.25) is 9.59 Å². The first kappa shape index (κ1) is 23.9. The molecule has 0 radical (unpaired) electrons. The van der Waals surface area contributed by atoms with Crippen LogP contribution in [0.15, 0.2) is 91.5 Å². The van der Waals surface area contributed by atoms with Gasteiger partial charge in [-0.1, -0.05) is 42.5 Å². The van der Waals surface area contributed by atoms with E-state index in [9.17, 15) is 9.59 Å². The summed E-state index contributed by atoms with van der Waals surface area (Å²) < 4.78 is 1.98. The van der Waals surface area contributed by atoms with Crippen molar-refractivity contribution in [3.8, 4) is 22.5 Å². The molecule has 3 aromatic carbocycles. The van der Waals surface area contributed by atoms with Gasteiger partial charge in [0.1, 0.15) is 0 Å². The average Bonchev–Trinajstić information content (AvgIpc) is 3.44. The van der Waals surface area contributed by atoms with Gasteiger partial charge >= 0.3 is 0 Å². The summed E-state index contributed by atoms with van der Waals surface area (Å²) in [6.45, 7) is 2.83. The van der Waals surface area contributed by atoms with E-state index in [1.54, 1.807) is 24.7 Å². The summed E-state index contributed by atoms with van der Waals surface area (Å²) in [5.41, 5.74) is 5.83. The van der Waals surface area contributed by atoms with Gasteiger partial charge in [0.25, 0.3) is 5.91 Å². The Bertz CT molecular complexity index is 1530. The highest BCUT2D eigenvalue weighted by molar-refractivity contribution is 5.98. The number of rotatable bonds is 8. The van der Waals surface area contributed by atoms with Crippen molar-refractivity contribution in [2.24, 2.45) is 0 Å². The molecule has 0 unspecified atom stereocenters. The van der Waals surface area contributed by atoms with Gasteiger partial charge in [0.05, 0.1) is 28.7 Å². The van der Waals surface area contributed by atoms with Gasteiger partial charge in [-0.25, -0.2) is 15.0 Å². The summed E-state index contributed by atoms with van der Waals surface area (Å²) in [6, 6.07) is 22.7. The van der Waals surface area contributed by atoms with Gasteiger partial charge in [0, 0.05) is 54.8 Å². The number of carbonyl (C=O) groups is 2. The highest BCUT2D eigenvalue weighted by Gasteiger charge is 2.15. The highest BCUT2D eigenvalue weighted by Crippen LogP contribution is 2.31. The molecule has 2 aromatic heterocycles. The van der Waals surface area contributed by atoms with Crippen LogP contribution in [0.5, 0.6) is 0 Å². The monoisotopic (exact) mass is 490 g/mol. The van der Waals surface area contributed by atoms with Crippen molar-refractivity contribution in [2.45, 2.75) is 19.9 Å². The maximum Gasteiger partial charge on any atom is 0.251 e. The molecule has 5 aromatic rings. The number of anilines is 1. The minimum atomic E-state index is -0.145. The van der Waals surface area contributed by atoms with Gasteiger partial charge in [-0.15, -0.1) is 0 Å². The van der Waals surface area contributed by atoms with Crippen LogP contribution in [-0.4, -0.2) is 37.9 Å². The second-order valence-corrected chi connectivity index (χ2v) is 8.66. The number of hydrogen-bond donors (Lipinski definition) is 2. The zero-order valence-electron chi connectivity index (χ0n) is 20.4. The molecule has 0 aliphatic heterocycles. The van der Waals surface area contributed by atoms with Crippen molar-refractivity contribution in [3.05, 3.63) is 97.1 Å². The van der Waals surface area contributed by atoms with E-state index in [1.807, 2.05) is 71.4 Å². The zero-order valence-corrected chi connectivity index (χ0v) is 20.4. The third kappa shape index (κ3) is 5.70. The number of aromatic nitrogens is 4. The van der Waals surface area contributed by atoms with E-state index in [1.165, 1.54) is 6.92 Å². The largest absolute Gasteiger partial charge is 0.352 e. The molecule has 5 rings (SSSR count). The Morgan fingerprint density at radius 2 is 1.59 bits per heavy atom. The third-order valence-corrected chi connectivity index (χ3v) is 5.89. The van der Waals surface area contributed by atoms with Crippen LogP contribution >= 0.6 is 0 Å². The van der Waals surface area contributed by atoms with E-state index in [0.29, 0.717) is 28.8 Å². The van der Waals surface area contributed by atoms with E-state index in [2.05, 4.69) is 15.6 Å². The summed E-state index contributed by atoms with van der Waals surface area (Å²) in [7, 11) is 0. The van der Waals surface area contributed by atoms with E-state index in [-0.39, 0.29) is 11.8 Å². The second-order valence-electron chi connectivity index (χ2n) is 8.66. The van der Waals surface area contributed by atoms with Crippen molar-refractivity contribution < 1.29 is 9.59 Å². The number of benzene rings is 3. The summed E-state index contributed by atoms with van der Waals surface area (Å²) >= 11 is 0. The van der Waals surface area contributed by atoms with Crippen molar-refractivity contribution in [2.75, 3.05) is 11.9 Å². The zero-order chi connectivity index (χ0) is 25.6. The molecule has 184 valence electrons. The van der Waals surface area contributed by atoms with Crippen molar-refractivity contribution >= 4 is 28.5 Å². The maximum absolute atomic E-state index is 12.8. The molecular formula is C29H26N6O2. The van der Waals surface area contributed by atoms with E-state index in [0.717, 1.165) is 35.5 Å². The van der Waals surface area contributed by atoms with E-state index in [4.69, 9.17) is 9.97 Å². The molecule has 0 saturated carbocycles. The lowest BCUT2D eigenvalue weighted by Crippen LogP contribution is -2.25. The van der Waals surface area contributed by atoms with Crippen LogP contribution in [0, 0.1) is 0 Å². The lowest BCUT2D eigenvalue weighted by Gasteiger charge is -2.12. The summed E-state index contributed by atoms with van der Waals surface area (Å²) in [6.07, 6.45) is 6.21. The van der Waals surface area contributed by atoms with Crippen LogP contribution in [-0.2, 0) is 11.3 Å². The van der Waals surface area contributed by atoms with Gasteiger partial charge < -0.3 is 15.2 Å². The summed E-state index contributed by atoms with van der Waals surface area (Å²) in [4.78, 5) is 38.1. The fourth-order valence-corrected chi connectivity index (χ4v) is 4.09. The number of aryl methyl sites for hydroxylation is 1. The molecule has 2 N–H and O–H groups in total. The third-order valence-electron chi connectivity index (χ3n) is 5.89. The number of nitrogens with one attached hydrogen (secondary N) is 2. The van der Waals surface area contributed by atoms with Gasteiger partial charge in [-0.05, 0) is 36.8 Å². The lowest BCUT2D eigenvalue weighted by atomic mass is 10.0. The van der Waals surface area contributed by atoms with Crippen LogP contribution < -0.4 is 10.6 Å². The maximum atomic E-state index is 12.8. The Hall–Kier alpha value is -4.85. The molecule has 0 atom stereocenters. The normalized spacial score (nSPS) is 10.8. The Balaban J connectivity index is 1.43. The van der Waals surface area contributed by atoms with Crippen LogP contribution in [0.3, 0.4) is 0 Å². The smallest absolute Gasteiger partial charge is 0.251 e. The Morgan fingerprint density at radius 3 is 2.30 bits per heavy atom. The Morgan fingerprint density at radius 1 is 0.865 bits per heavy atom. The first-order chi connectivity index (χ1) is 18.1. The Kier molecular flexibility index (Phi) is 6.98. The fourth-order valence-electron chi connectivity index (χ4n) is 4.09. The molecule has 37 heavy (non-hydrogen) atoms. The molecule has 0 aliphatic carbocycles. The highest BCUT2D eigenvalue weighted by atomic mass is 16.2. The molecule has 0 aliphatic rings. The average molecular weight is 491 g/mol. The predicted molar refractivity (Wildman–Crippen MR) is 144 cm³/mol. The minimum Gasteiger partial charge on any atom is -0.352 e.